The summed E-state index contributed by atoms with van der Waals surface area (Å²) in [7, 11) is 0. The number of hydrogen-bond donors (Lipinski definition) is 0. The van der Waals surface area contributed by atoms with Gasteiger partial charge >= 0.3 is 0 Å². The van der Waals surface area contributed by atoms with Crippen molar-refractivity contribution in [3.8, 4) is 6.07 Å². The first-order valence-electron chi connectivity index (χ1n) is 17.1. The van der Waals surface area contributed by atoms with Gasteiger partial charge in [-0.25, -0.2) is 9.38 Å². The molecule has 0 N–H and O–H groups in total. The third-order valence-electron chi connectivity index (χ3n) is 7.36. The maximum Gasteiger partial charge on any atom is 0.206 e. The fourth-order valence-electron chi connectivity index (χ4n) is 4.22. The van der Waals surface area contributed by atoms with E-state index in [1.807, 2.05) is 19.9 Å². The number of hydrogen-bond acceptors (Lipinski definition) is 4. The normalized spacial score (nSPS) is 13.8. The molecule has 2 rings (SSSR count). The van der Waals surface area contributed by atoms with Crippen LogP contribution in [-0.2, 0) is 16.1 Å². The summed E-state index contributed by atoms with van der Waals surface area (Å²) in [6, 6.07) is 6.19. The monoisotopic (exact) mass is 637 g/mol. The topological polar surface area (TPSA) is 54.6 Å². The Morgan fingerprint density at radius 1 is 1.09 bits per heavy atom. The largest absolute Gasteiger partial charge is 0.473 e. The summed E-state index contributed by atoms with van der Waals surface area (Å²) >= 11 is 0. The predicted octanol–water partition coefficient (Wildman–Crippen LogP) is 12.6. The molecule has 1 atom stereocenters. The molecule has 1 fully saturated rings. The number of unbranched alkanes of at least 4 members (excludes halogenated alkanes) is 1. The number of nitrogens with zero attached hydrogens (tertiary/aromatic N) is 2. The van der Waals surface area contributed by atoms with Crippen molar-refractivity contribution in [2.75, 3.05) is 6.61 Å². The zero-order valence-corrected chi connectivity index (χ0v) is 30.8. The van der Waals surface area contributed by atoms with Gasteiger partial charge in [0.05, 0.1) is 17.7 Å². The summed E-state index contributed by atoms with van der Waals surface area (Å²) in [5, 5.41) is 8.75. The molecule has 0 radical (unpaired) electrons. The van der Waals surface area contributed by atoms with Gasteiger partial charge in [-0.3, -0.25) is 0 Å². The molecule has 4 nitrogen and oxygen atoms in total. The molecule has 0 bridgehead atoms. The van der Waals surface area contributed by atoms with Gasteiger partial charge in [-0.05, 0) is 90.5 Å². The van der Waals surface area contributed by atoms with Crippen molar-refractivity contribution in [2.45, 2.75) is 133 Å². The van der Waals surface area contributed by atoms with E-state index in [4.69, 9.17) is 14.7 Å². The van der Waals surface area contributed by atoms with Gasteiger partial charge in [-0.1, -0.05) is 109 Å². The Balaban J connectivity index is 0. The van der Waals surface area contributed by atoms with Crippen LogP contribution in [0.2, 0.25) is 0 Å². The van der Waals surface area contributed by atoms with Crippen LogP contribution < -0.4 is 0 Å². The van der Waals surface area contributed by atoms with Crippen LogP contribution in [0.5, 0.6) is 0 Å². The lowest BCUT2D eigenvalue weighted by Gasteiger charge is -2.25. The smallest absolute Gasteiger partial charge is 0.206 e. The highest BCUT2D eigenvalue weighted by atomic mass is 19.1. The van der Waals surface area contributed by atoms with Crippen LogP contribution in [0, 0.1) is 29.0 Å². The standard InChI is InChI=1S/C20H25FN2O.C8H16.C7H14O.C6H10/c1-5-8-17(9-6-2)20(7-3)23-15(4)24-14-18-11-10-16(13-22)12-19(18)21;1-5-8(4)6-7(2)3;1-2-3-4-7-5-6-8-7;1-5(2)6(3)4/h7,10-12,17H,3-6,8-9,14H2,1-2H3;5,7H,6H2,1-4H3;7H,2-6H2,1H3;1,3H2,2,4H3/b23-20+;8-5+;;. The van der Waals surface area contributed by atoms with Crippen LogP contribution in [0.1, 0.15) is 131 Å². The Kier molecular flexibility index (Phi) is 27.4. The van der Waals surface area contributed by atoms with Crippen LogP contribution in [0.15, 0.2) is 84.3 Å². The molecule has 0 aliphatic carbocycles. The Morgan fingerprint density at radius 2 is 1.67 bits per heavy atom. The zero-order chi connectivity index (χ0) is 35.5. The number of benzene rings is 1. The first-order valence-corrected chi connectivity index (χ1v) is 17.1. The first-order chi connectivity index (χ1) is 21.8. The molecule has 1 unspecified atom stereocenters. The van der Waals surface area contributed by atoms with Crippen LogP contribution in [0.3, 0.4) is 0 Å². The quantitative estimate of drug-likeness (QED) is 0.0785. The van der Waals surface area contributed by atoms with Gasteiger partial charge in [-0.15, -0.1) is 0 Å². The number of ether oxygens (including phenoxy) is 2. The van der Waals surface area contributed by atoms with Gasteiger partial charge in [0.2, 0.25) is 5.88 Å². The third-order valence-corrected chi connectivity index (χ3v) is 7.36. The molecule has 1 aromatic carbocycles. The minimum Gasteiger partial charge on any atom is -0.473 e. The van der Waals surface area contributed by atoms with Crippen LogP contribution in [0.4, 0.5) is 4.39 Å². The summed E-state index contributed by atoms with van der Waals surface area (Å²) < 4.78 is 24.5. The van der Waals surface area contributed by atoms with Crippen LogP contribution in [0.25, 0.3) is 0 Å². The zero-order valence-electron chi connectivity index (χ0n) is 30.8. The second kappa shape index (κ2) is 28.0. The summed E-state index contributed by atoms with van der Waals surface area (Å²) in [6.07, 6.45) is 15.3. The molecule has 0 aromatic heterocycles. The highest BCUT2D eigenvalue weighted by Gasteiger charge is 2.16. The second-order valence-electron chi connectivity index (χ2n) is 12.3. The van der Waals surface area contributed by atoms with E-state index >= 15 is 0 Å². The molecule has 5 heteroatoms. The lowest BCUT2D eigenvalue weighted by molar-refractivity contribution is -0.0553. The third kappa shape index (κ3) is 23.2. The van der Waals surface area contributed by atoms with E-state index in [0.717, 1.165) is 55.1 Å². The van der Waals surface area contributed by atoms with Gasteiger partial charge < -0.3 is 9.47 Å². The maximum absolute atomic E-state index is 13.8. The highest BCUT2D eigenvalue weighted by Crippen LogP contribution is 2.19. The molecule has 0 spiro atoms. The van der Waals surface area contributed by atoms with E-state index in [1.165, 1.54) is 49.8 Å². The van der Waals surface area contributed by atoms with Crippen molar-refractivity contribution in [3.63, 3.8) is 0 Å². The van der Waals surface area contributed by atoms with Gasteiger partial charge in [0.15, 0.2) is 0 Å². The van der Waals surface area contributed by atoms with Crippen molar-refractivity contribution in [3.05, 3.63) is 96.2 Å². The molecule has 0 amide bonds. The van der Waals surface area contributed by atoms with E-state index in [2.05, 4.69) is 85.9 Å². The average molecular weight is 637 g/mol. The van der Waals surface area contributed by atoms with E-state index in [0.29, 0.717) is 17.6 Å². The van der Waals surface area contributed by atoms with E-state index in [-0.39, 0.29) is 18.1 Å². The first kappa shape index (κ1) is 44.9. The number of nitriles is 1. The van der Waals surface area contributed by atoms with E-state index in [1.54, 1.807) is 12.1 Å². The molecule has 1 aromatic rings. The molecule has 1 aliphatic heterocycles. The van der Waals surface area contributed by atoms with E-state index in [9.17, 15) is 4.39 Å². The van der Waals surface area contributed by atoms with Crippen molar-refractivity contribution >= 4 is 5.71 Å². The molecule has 258 valence electrons. The number of rotatable bonds is 16. The minimum absolute atomic E-state index is 0.0243. The molecule has 0 saturated carbocycles. The minimum atomic E-state index is -0.468. The highest BCUT2D eigenvalue weighted by molar-refractivity contribution is 5.96. The summed E-state index contributed by atoms with van der Waals surface area (Å²) in [5.74, 6) is 0.922. The summed E-state index contributed by atoms with van der Waals surface area (Å²) in [6.45, 7) is 35.1. The van der Waals surface area contributed by atoms with Crippen molar-refractivity contribution in [2.24, 2.45) is 16.8 Å². The lowest BCUT2D eigenvalue weighted by Crippen LogP contribution is -2.26. The van der Waals surface area contributed by atoms with Crippen molar-refractivity contribution in [1.82, 2.24) is 0 Å². The Bertz CT molecular complexity index is 1120. The van der Waals surface area contributed by atoms with Crippen LogP contribution in [-0.4, -0.2) is 18.4 Å². The second-order valence-corrected chi connectivity index (χ2v) is 12.3. The molecule has 1 heterocycles. The SMILES string of the molecule is C/C=C(\C)CC(C)C.C=C(C)C(=C)C.C=C/C(=N\C(=C)OCc1ccc(C#N)cc1F)C(CCC)CCC.CCCCC1CCO1. The van der Waals surface area contributed by atoms with Gasteiger partial charge in [0, 0.05) is 23.8 Å². The number of aliphatic imine (C=N–C) groups is 1. The molecular weight excluding hydrogens is 571 g/mol. The maximum atomic E-state index is 13.8. The van der Waals surface area contributed by atoms with Crippen LogP contribution >= 0.6 is 0 Å². The number of halogens is 1. The molecule has 1 saturated heterocycles. The molecular formula is C41H65FN2O2. The average Bonchev–Trinajstić information content (AvgIpc) is 2.99. The van der Waals surface area contributed by atoms with Crippen molar-refractivity contribution in [1.29, 1.82) is 5.26 Å². The Morgan fingerprint density at radius 3 is 2.02 bits per heavy atom. The lowest BCUT2D eigenvalue weighted by atomic mass is 9.93. The number of allylic oxidation sites excluding steroid dienone is 5. The Labute approximate surface area is 282 Å². The summed E-state index contributed by atoms with van der Waals surface area (Å²) in [5.41, 5.74) is 5.14. The fraction of sp³-hybridized carbons (Fsp3) is 0.561. The van der Waals surface area contributed by atoms with Gasteiger partial charge in [-0.2, -0.15) is 5.26 Å². The van der Waals surface area contributed by atoms with Crippen molar-refractivity contribution < 1.29 is 13.9 Å². The fourth-order valence-corrected chi connectivity index (χ4v) is 4.22. The molecule has 1 aliphatic rings. The predicted molar refractivity (Wildman–Crippen MR) is 198 cm³/mol. The van der Waals surface area contributed by atoms with Gasteiger partial charge in [0.1, 0.15) is 12.4 Å². The Hall–Kier alpha value is -3.23. The summed E-state index contributed by atoms with van der Waals surface area (Å²) in [4.78, 5) is 4.42. The van der Waals surface area contributed by atoms with Gasteiger partial charge in [0.25, 0.3) is 0 Å². The molecule has 46 heavy (non-hydrogen) atoms. The van der Waals surface area contributed by atoms with E-state index < -0.39 is 5.82 Å².